The maximum absolute atomic E-state index is 11.1. The number of carbonyl (C=O) groups is 1. The minimum Gasteiger partial charge on any atom is -0.497 e. The summed E-state index contributed by atoms with van der Waals surface area (Å²) in [5.41, 5.74) is 6.12. The lowest BCUT2D eigenvalue weighted by atomic mass is 9.92. The van der Waals surface area contributed by atoms with E-state index in [1.54, 1.807) is 7.11 Å². The van der Waals surface area contributed by atoms with E-state index in [0.717, 1.165) is 40.8 Å². The van der Waals surface area contributed by atoms with Gasteiger partial charge in [-0.1, -0.05) is 24.3 Å². The summed E-state index contributed by atoms with van der Waals surface area (Å²) in [5.74, 6) is 1.25. The number of methoxy groups -OCH3 is 1. The van der Waals surface area contributed by atoms with Crippen molar-refractivity contribution in [2.24, 2.45) is 0 Å². The summed E-state index contributed by atoms with van der Waals surface area (Å²) in [6, 6.07) is 19.9. The molecule has 0 fully saturated rings. The molecule has 0 saturated carbocycles. The van der Waals surface area contributed by atoms with Crippen LogP contribution in [-0.4, -0.2) is 24.8 Å². The number of carboxylic acid groups (broad SMARTS) is 1. The van der Waals surface area contributed by atoms with E-state index >= 15 is 0 Å². The minimum atomic E-state index is -0.827. The summed E-state index contributed by atoms with van der Waals surface area (Å²) in [6.45, 7) is 0.378. The van der Waals surface area contributed by atoms with Crippen molar-refractivity contribution in [2.75, 3.05) is 13.7 Å². The molecule has 3 aromatic carbocycles. The van der Waals surface area contributed by atoms with Gasteiger partial charge in [-0.2, -0.15) is 5.26 Å². The molecule has 2 aliphatic rings. The molecule has 0 saturated heterocycles. The number of carboxylic acids is 1. The van der Waals surface area contributed by atoms with E-state index in [2.05, 4.69) is 6.07 Å². The Balaban J connectivity index is 1.38. The zero-order valence-electron chi connectivity index (χ0n) is 18.9. The summed E-state index contributed by atoms with van der Waals surface area (Å²) in [4.78, 5) is 11.1. The molecule has 34 heavy (non-hydrogen) atoms. The lowest BCUT2D eigenvalue weighted by Gasteiger charge is -2.17. The van der Waals surface area contributed by atoms with Crippen LogP contribution in [0.1, 0.15) is 58.2 Å². The highest BCUT2D eigenvalue weighted by Gasteiger charge is 2.30. The third-order valence-electron chi connectivity index (χ3n) is 6.70. The van der Waals surface area contributed by atoms with Crippen molar-refractivity contribution in [2.45, 2.75) is 37.7 Å². The maximum Gasteiger partial charge on any atom is 0.304 e. The second kappa shape index (κ2) is 9.11. The molecule has 0 bridgehead atoms. The van der Waals surface area contributed by atoms with E-state index in [0.29, 0.717) is 30.1 Å². The second-order valence-electron chi connectivity index (χ2n) is 8.75. The van der Waals surface area contributed by atoms with Gasteiger partial charge < -0.3 is 19.3 Å². The summed E-state index contributed by atoms with van der Waals surface area (Å²) in [7, 11) is 1.65. The van der Waals surface area contributed by atoms with Crippen LogP contribution in [0.4, 0.5) is 0 Å². The van der Waals surface area contributed by atoms with E-state index in [1.807, 2.05) is 54.6 Å². The van der Waals surface area contributed by atoms with Gasteiger partial charge >= 0.3 is 5.97 Å². The summed E-state index contributed by atoms with van der Waals surface area (Å²) >= 11 is 0. The maximum atomic E-state index is 11.1. The Morgan fingerprint density at radius 2 is 1.88 bits per heavy atom. The topological polar surface area (TPSA) is 88.8 Å². The standard InChI is InChI=1S/C28H25NO5/c1-32-20-5-2-17(3-6-20)12-25-18(15-29)4-8-24-23(25)10-11-26(24)34-21-7-9-22-19(13-28(30)31)16-33-27(22)14-21/h2-9,14,19,26H,10-13,16H2,1H3,(H,30,31)/t19-,26-/m1/s1. The van der Waals surface area contributed by atoms with Crippen molar-refractivity contribution >= 4 is 5.97 Å². The minimum absolute atomic E-state index is 0.0569. The molecule has 0 aromatic heterocycles. The zero-order chi connectivity index (χ0) is 23.7. The molecule has 1 N–H and O–H groups in total. The fraction of sp³-hybridized carbons (Fsp3) is 0.286. The largest absolute Gasteiger partial charge is 0.497 e. The average Bonchev–Trinajstić information content (AvgIpc) is 3.43. The molecule has 0 radical (unpaired) electrons. The Kier molecular flexibility index (Phi) is 5.85. The van der Waals surface area contributed by atoms with Gasteiger partial charge in [-0.25, -0.2) is 0 Å². The Labute approximate surface area is 198 Å². The van der Waals surface area contributed by atoms with Gasteiger partial charge in [-0.15, -0.1) is 0 Å². The molecule has 0 amide bonds. The zero-order valence-corrected chi connectivity index (χ0v) is 18.9. The SMILES string of the molecule is COc1ccc(Cc2c(C#N)ccc3c2CC[C@H]3Oc2ccc3c(c2)OC[C@H]3CC(=O)O)cc1. The molecule has 3 aromatic rings. The quantitative estimate of drug-likeness (QED) is 0.528. The highest BCUT2D eigenvalue weighted by atomic mass is 16.5. The van der Waals surface area contributed by atoms with Crippen LogP contribution in [-0.2, 0) is 17.6 Å². The van der Waals surface area contributed by atoms with Crippen molar-refractivity contribution in [3.8, 4) is 23.3 Å². The molecule has 0 unspecified atom stereocenters. The van der Waals surface area contributed by atoms with Gasteiger partial charge in [0.25, 0.3) is 0 Å². The molecular weight excluding hydrogens is 430 g/mol. The van der Waals surface area contributed by atoms with Gasteiger partial charge in [0.15, 0.2) is 0 Å². The fourth-order valence-electron chi connectivity index (χ4n) is 4.99. The first-order chi connectivity index (χ1) is 16.6. The third kappa shape index (κ3) is 4.17. The predicted octanol–water partition coefficient (Wildman–Crippen LogP) is 5.17. The number of hydrogen-bond acceptors (Lipinski definition) is 5. The molecule has 6 heteroatoms. The van der Waals surface area contributed by atoms with E-state index in [-0.39, 0.29) is 18.4 Å². The molecule has 172 valence electrons. The van der Waals surface area contributed by atoms with Gasteiger partial charge in [0.05, 0.1) is 31.8 Å². The van der Waals surface area contributed by atoms with Crippen LogP contribution in [0.15, 0.2) is 54.6 Å². The summed E-state index contributed by atoms with van der Waals surface area (Å²) < 4.78 is 17.3. The van der Waals surface area contributed by atoms with Crippen LogP contribution in [0.25, 0.3) is 0 Å². The smallest absolute Gasteiger partial charge is 0.304 e. The number of nitriles is 1. The molecule has 0 spiro atoms. The number of fused-ring (bicyclic) bond motifs is 2. The van der Waals surface area contributed by atoms with Crippen LogP contribution in [0.2, 0.25) is 0 Å². The van der Waals surface area contributed by atoms with Crippen molar-refractivity contribution < 1.29 is 24.1 Å². The van der Waals surface area contributed by atoms with Crippen molar-refractivity contribution in [1.29, 1.82) is 5.26 Å². The van der Waals surface area contributed by atoms with Gasteiger partial charge in [-0.3, -0.25) is 4.79 Å². The molecule has 5 rings (SSSR count). The normalized spacial score (nSPS) is 17.9. The van der Waals surface area contributed by atoms with Crippen LogP contribution in [0.3, 0.4) is 0 Å². The number of rotatable bonds is 7. The van der Waals surface area contributed by atoms with Crippen LogP contribution >= 0.6 is 0 Å². The van der Waals surface area contributed by atoms with E-state index in [1.165, 1.54) is 5.56 Å². The van der Waals surface area contributed by atoms with E-state index in [9.17, 15) is 10.1 Å². The van der Waals surface area contributed by atoms with Crippen LogP contribution in [0, 0.1) is 11.3 Å². The number of hydrogen-bond donors (Lipinski definition) is 1. The summed E-state index contributed by atoms with van der Waals surface area (Å²) in [6.07, 6.45) is 2.32. The van der Waals surface area contributed by atoms with E-state index in [4.69, 9.17) is 19.3 Å². The monoisotopic (exact) mass is 455 g/mol. The molecule has 1 heterocycles. The average molecular weight is 456 g/mol. The molecular formula is C28H25NO5. The van der Waals surface area contributed by atoms with Crippen molar-refractivity contribution in [1.82, 2.24) is 0 Å². The number of aliphatic carboxylic acids is 1. The number of benzene rings is 3. The Morgan fingerprint density at radius 1 is 1.12 bits per heavy atom. The van der Waals surface area contributed by atoms with Crippen LogP contribution < -0.4 is 14.2 Å². The Morgan fingerprint density at radius 3 is 2.62 bits per heavy atom. The first-order valence-corrected chi connectivity index (χ1v) is 11.4. The van der Waals surface area contributed by atoms with Crippen molar-refractivity contribution in [3.05, 3.63) is 88.0 Å². The third-order valence-corrected chi connectivity index (χ3v) is 6.70. The van der Waals surface area contributed by atoms with E-state index < -0.39 is 5.97 Å². The Bertz CT molecular complexity index is 1280. The fourth-order valence-corrected chi connectivity index (χ4v) is 4.99. The number of nitrogens with zero attached hydrogens (tertiary/aromatic N) is 1. The predicted molar refractivity (Wildman–Crippen MR) is 126 cm³/mol. The molecule has 1 aliphatic heterocycles. The second-order valence-corrected chi connectivity index (χ2v) is 8.75. The van der Waals surface area contributed by atoms with Gasteiger partial charge in [0.1, 0.15) is 23.4 Å². The van der Waals surface area contributed by atoms with Crippen LogP contribution in [0.5, 0.6) is 17.2 Å². The Hall–Kier alpha value is -3.98. The van der Waals surface area contributed by atoms with Gasteiger partial charge in [0.2, 0.25) is 0 Å². The van der Waals surface area contributed by atoms with Gasteiger partial charge in [-0.05, 0) is 65.8 Å². The first kappa shape index (κ1) is 21.8. The molecule has 2 atom stereocenters. The number of ether oxygens (including phenoxy) is 3. The lowest BCUT2D eigenvalue weighted by Crippen LogP contribution is -2.07. The lowest BCUT2D eigenvalue weighted by molar-refractivity contribution is -0.137. The highest BCUT2D eigenvalue weighted by Crippen LogP contribution is 2.42. The first-order valence-electron chi connectivity index (χ1n) is 11.4. The summed E-state index contributed by atoms with van der Waals surface area (Å²) in [5, 5.41) is 18.8. The molecule has 6 nitrogen and oxygen atoms in total. The highest BCUT2D eigenvalue weighted by molar-refractivity contribution is 5.68. The molecule has 1 aliphatic carbocycles. The van der Waals surface area contributed by atoms with Gasteiger partial charge in [0, 0.05) is 17.5 Å². The van der Waals surface area contributed by atoms with Crippen molar-refractivity contribution in [3.63, 3.8) is 0 Å².